The molecule has 1 fully saturated rings. The molecule has 152 valence electrons. The highest BCUT2D eigenvalue weighted by atomic mass is 15.2. The molecular formula is C25H32N4. The summed E-state index contributed by atoms with van der Waals surface area (Å²) in [5.74, 6) is 0.979. The van der Waals surface area contributed by atoms with Crippen molar-refractivity contribution in [2.45, 2.75) is 52.4 Å². The van der Waals surface area contributed by atoms with Gasteiger partial charge in [0.15, 0.2) is 0 Å². The summed E-state index contributed by atoms with van der Waals surface area (Å²) in [5, 5.41) is 9.57. The molecular weight excluding hydrogens is 356 g/mol. The van der Waals surface area contributed by atoms with Crippen LogP contribution in [0.3, 0.4) is 0 Å². The van der Waals surface area contributed by atoms with E-state index in [1.54, 1.807) is 6.08 Å². The van der Waals surface area contributed by atoms with Crippen molar-refractivity contribution in [2.75, 3.05) is 11.4 Å². The number of anilines is 1. The lowest BCUT2D eigenvalue weighted by atomic mass is 9.96. The van der Waals surface area contributed by atoms with Crippen LogP contribution < -0.4 is 10.6 Å². The largest absolute Gasteiger partial charge is 0.385 e. The van der Waals surface area contributed by atoms with Crippen LogP contribution in [0.5, 0.6) is 0 Å². The van der Waals surface area contributed by atoms with E-state index in [1.165, 1.54) is 18.4 Å². The first-order valence-corrected chi connectivity index (χ1v) is 10.1. The summed E-state index contributed by atoms with van der Waals surface area (Å²) in [7, 11) is 0. The van der Waals surface area contributed by atoms with Crippen LogP contribution in [0.1, 0.15) is 63.5 Å². The van der Waals surface area contributed by atoms with E-state index in [9.17, 15) is 5.26 Å². The number of aliphatic imine (C=N–C) groups is 1. The number of hydrogen-bond donors (Lipinski definition) is 1. The molecule has 0 saturated heterocycles. The third-order valence-electron chi connectivity index (χ3n) is 4.87. The van der Waals surface area contributed by atoms with Gasteiger partial charge in [-0.05, 0) is 75.8 Å². The Hall–Kier alpha value is -3.06. The summed E-state index contributed by atoms with van der Waals surface area (Å²) < 4.78 is 0. The van der Waals surface area contributed by atoms with Gasteiger partial charge in [-0.2, -0.15) is 5.26 Å². The highest BCUT2D eigenvalue weighted by Crippen LogP contribution is 2.43. The first-order valence-electron chi connectivity index (χ1n) is 10.1. The second-order valence-electron chi connectivity index (χ2n) is 7.68. The minimum Gasteiger partial charge on any atom is -0.385 e. The lowest BCUT2D eigenvalue weighted by Crippen LogP contribution is -2.33. The molecule has 1 aliphatic carbocycles. The van der Waals surface area contributed by atoms with Crippen molar-refractivity contribution in [3.8, 4) is 6.07 Å². The van der Waals surface area contributed by atoms with Crippen molar-refractivity contribution in [3.05, 3.63) is 77.8 Å². The van der Waals surface area contributed by atoms with Crippen LogP contribution in [0.4, 0.5) is 5.69 Å². The SMILES string of the molecule is C=CC(CN(/C(N)=C/C=C\C)c1cc(C2CC2)ccc1C(C)C#N)=NC=C(C)C. The molecule has 0 aromatic heterocycles. The quantitative estimate of drug-likeness (QED) is 0.421. The number of nitrogens with zero attached hydrogens (tertiary/aromatic N) is 3. The van der Waals surface area contributed by atoms with Crippen molar-refractivity contribution in [3.63, 3.8) is 0 Å². The molecule has 0 heterocycles. The van der Waals surface area contributed by atoms with Gasteiger partial charge in [0.2, 0.25) is 0 Å². The zero-order valence-electron chi connectivity index (χ0n) is 18.0. The average molecular weight is 389 g/mol. The molecule has 29 heavy (non-hydrogen) atoms. The van der Waals surface area contributed by atoms with Crippen molar-refractivity contribution in [1.29, 1.82) is 5.26 Å². The maximum absolute atomic E-state index is 9.57. The molecule has 2 rings (SSSR count). The normalized spacial score (nSPS) is 15.7. The average Bonchev–Trinajstić information content (AvgIpc) is 3.56. The van der Waals surface area contributed by atoms with E-state index in [0.29, 0.717) is 18.3 Å². The molecule has 1 unspecified atom stereocenters. The predicted molar refractivity (Wildman–Crippen MR) is 124 cm³/mol. The van der Waals surface area contributed by atoms with Crippen LogP contribution in [0.25, 0.3) is 0 Å². The Kier molecular flexibility index (Phi) is 8.03. The van der Waals surface area contributed by atoms with E-state index in [1.807, 2.05) is 57.0 Å². The summed E-state index contributed by atoms with van der Waals surface area (Å²) in [6.45, 7) is 12.3. The minimum atomic E-state index is -0.239. The van der Waals surface area contributed by atoms with Gasteiger partial charge in [-0.1, -0.05) is 36.4 Å². The summed E-state index contributed by atoms with van der Waals surface area (Å²) >= 11 is 0. The molecule has 4 heteroatoms. The van der Waals surface area contributed by atoms with Gasteiger partial charge >= 0.3 is 0 Å². The number of allylic oxidation sites excluding steroid dienone is 4. The summed E-state index contributed by atoms with van der Waals surface area (Å²) in [5.41, 5.74) is 11.7. The molecule has 1 aliphatic rings. The maximum Gasteiger partial charge on any atom is 0.103 e. The smallest absolute Gasteiger partial charge is 0.103 e. The van der Waals surface area contributed by atoms with Crippen molar-refractivity contribution < 1.29 is 0 Å². The molecule has 0 aliphatic heterocycles. The van der Waals surface area contributed by atoms with Gasteiger partial charge in [0.25, 0.3) is 0 Å². The molecule has 0 spiro atoms. The Morgan fingerprint density at radius 1 is 1.41 bits per heavy atom. The first kappa shape index (κ1) is 22.2. The third-order valence-corrected chi connectivity index (χ3v) is 4.87. The van der Waals surface area contributed by atoms with Crippen LogP contribution >= 0.6 is 0 Å². The number of benzene rings is 1. The van der Waals surface area contributed by atoms with Crippen molar-refractivity contribution in [1.82, 2.24) is 0 Å². The Balaban J connectivity index is 2.59. The highest BCUT2D eigenvalue weighted by Gasteiger charge is 2.26. The Morgan fingerprint density at radius 3 is 2.69 bits per heavy atom. The number of nitriles is 1. The van der Waals surface area contributed by atoms with Gasteiger partial charge in [-0.25, -0.2) is 0 Å². The van der Waals surface area contributed by atoms with E-state index < -0.39 is 0 Å². The third kappa shape index (κ3) is 6.22. The standard InChI is InChI=1S/C25H32N4/c1-6-8-9-25(27)29(17-22(7-2)28-16-18(3)4)24-14-21(20-10-11-20)12-13-23(24)19(5)15-26/h6-9,12-14,16,19-20H,2,10-11,17,27H2,1,3-5H3/b8-6-,25-9+,28-22?. The van der Waals surface area contributed by atoms with Gasteiger partial charge in [0, 0.05) is 11.9 Å². The van der Waals surface area contributed by atoms with Crippen LogP contribution in [0.2, 0.25) is 0 Å². The zero-order chi connectivity index (χ0) is 21.4. The second-order valence-corrected chi connectivity index (χ2v) is 7.68. The second kappa shape index (κ2) is 10.5. The highest BCUT2D eigenvalue weighted by molar-refractivity contribution is 5.99. The summed E-state index contributed by atoms with van der Waals surface area (Å²) in [4.78, 5) is 6.60. The van der Waals surface area contributed by atoms with E-state index in [0.717, 1.165) is 22.5 Å². The van der Waals surface area contributed by atoms with Gasteiger partial charge in [0.05, 0.1) is 24.2 Å². The van der Waals surface area contributed by atoms with Crippen LogP contribution in [-0.4, -0.2) is 12.3 Å². The van der Waals surface area contributed by atoms with Crippen LogP contribution in [-0.2, 0) is 0 Å². The fraction of sp³-hybridized carbons (Fsp3) is 0.360. The van der Waals surface area contributed by atoms with Gasteiger partial charge < -0.3 is 10.6 Å². The van der Waals surface area contributed by atoms with E-state index >= 15 is 0 Å². The molecule has 1 atom stereocenters. The van der Waals surface area contributed by atoms with Gasteiger partial charge in [-0.3, -0.25) is 4.99 Å². The van der Waals surface area contributed by atoms with Crippen molar-refractivity contribution >= 4 is 11.4 Å². The van der Waals surface area contributed by atoms with Crippen LogP contribution in [0.15, 0.2) is 71.7 Å². The fourth-order valence-electron chi connectivity index (χ4n) is 3.03. The fourth-order valence-corrected chi connectivity index (χ4v) is 3.03. The molecule has 0 amide bonds. The molecule has 4 nitrogen and oxygen atoms in total. The zero-order valence-corrected chi connectivity index (χ0v) is 18.0. The molecule has 0 bridgehead atoms. The van der Waals surface area contributed by atoms with E-state index in [-0.39, 0.29) is 5.92 Å². The van der Waals surface area contributed by atoms with Crippen LogP contribution in [0, 0.1) is 11.3 Å². The monoisotopic (exact) mass is 388 g/mol. The number of hydrogen-bond acceptors (Lipinski definition) is 4. The molecule has 2 N–H and O–H groups in total. The Labute approximate surface area is 175 Å². The summed E-state index contributed by atoms with van der Waals surface area (Å²) in [6, 6.07) is 8.79. The molecule has 1 aromatic rings. The predicted octanol–water partition coefficient (Wildman–Crippen LogP) is 5.92. The van der Waals surface area contributed by atoms with Crippen molar-refractivity contribution in [2.24, 2.45) is 10.7 Å². The molecule has 1 saturated carbocycles. The Morgan fingerprint density at radius 2 is 2.14 bits per heavy atom. The number of nitrogens with two attached hydrogens (primary N) is 1. The van der Waals surface area contributed by atoms with Gasteiger partial charge in [0.1, 0.15) is 5.82 Å². The first-order chi connectivity index (χ1) is 13.9. The minimum absolute atomic E-state index is 0.239. The number of rotatable bonds is 9. The lowest BCUT2D eigenvalue weighted by Gasteiger charge is -2.28. The topological polar surface area (TPSA) is 65.4 Å². The molecule has 0 radical (unpaired) electrons. The Bertz CT molecular complexity index is 888. The van der Waals surface area contributed by atoms with E-state index in [2.05, 4.69) is 35.8 Å². The summed E-state index contributed by atoms with van der Waals surface area (Å²) in [6.07, 6.45) is 11.8. The maximum atomic E-state index is 9.57. The lowest BCUT2D eigenvalue weighted by molar-refractivity contribution is 0.931. The van der Waals surface area contributed by atoms with E-state index in [4.69, 9.17) is 5.73 Å². The van der Waals surface area contributed by atoms with Gasteiger partial charge in [-0.15, -0.1) is 0 Å². The molecule has 1 aromatic carbocycles.